The molecule has 0 spiro atoms. The number of nitrogens with one attached hydrogen (secondary N) is 2. The zero-order valence-electron chi connectivity index (χ0n) is 12.9. The third kappa shape index (κ3) is 3.20. The van der Waals surface area contributed by atoms with Crippen molar-refractivity contribution in [2.24, 2.45) is 11.8 Å². The smallest absolute Gasteiger partial charge is 0.148 e. The van der Waals surface area contributed by atoms with E-state index < -0.39 is 0 Å². The van der Waals surface area contributed by atoms with Crippen molar-refractivity contribution in [1.82, 2.24) is 9.97 Å². The maximum Gasteiger partial charge on any atom is 0.148 e. The van der Waals surface area contributed by atoms with Crippen LogP contribution in [0.4, 0.5) is 11.6 Å². The van der Waals surface area contributed by atoms with E-state index in [9.17, 15) is 0 Å². The van der Waals surface area contributed by atoms with Crippen LogP contribution in [0.1, 0.15) is 57.3 Å². The number of nitrogen functional groups attached to an aromatic ring is 1. The summed E-state index contributed by atoms with van der Waals surface area (Å²) in [5, 5.41) is 3.65. The largest absolute Gasteiger partial charge is 0.367 e. The minimum atomic E-state index is 0.526. The molecular weight excluding hydrogens is 250 g/mol. The lowest BCUT2D eigenvalue weighted by Crippen LogP contribution is -2.32. The van der Waals surface area contributed by atoms with Crippen LogP contribution in [0.15, 0.2) is 0 Å². The van der Waals surface area contributed by atoms with Gasteiger partial charge in [0.15, 0.2) is 0 Å². The highest BCUT2D eigenvalue weighted by molar-refractivity contribution is 5.57. The topological polar surface area (TPSA) is 75.9 Å². The van der Waals surface area contributed by atoms with Gasteiger partial charge < -0.3 is 10.7 Å². The van der Waals surface area contributed by atoms with Gasteiger partial charge in [-0.05, 0) is 25.7 Å². The highest BCUT2D eigenvalue weighted by Gasteiger charge is 2.24. The molecule has 112 valence electrons. The molecule has 4 N–H and O–H groups in total. The van der Waals surface area contributed by atoms with Crippen LogP contribution in [-0.2, 0) is 6.42 Å². The van der Waals surface area contributed by atoms with E-state index in [0.717, 1.165) is 35.4 Å². The number of hydrazine groups is 1. The van der Waals surface area contributed by atoms with Crippen LogP contribution in [0.2, 0.25) is 0 Å². The van der Waals surface area contributed by atoms with Crippen LogP contribution in [-0.4, -0.2) is 16.0 Å². The van der Waals surface area contributed by atoms with Gasteiger partial charge in [-0.15, -0.1) is 0 Å². The molecule has 1 aliphatic carbocycles. The quantitative estimate of drug-likeness (QED) is 0.570. The molecule has 2 rings (SSSR count). The second kappa shape index (κ2) is 6.88. The fourth-order valence-electron chi connectivity index (χ4n) is 3.06. The molecule has 0 saturated heterocycles. The van der Waals surface area contributed by atoms with E-state index in [2.05, 4.69) is 34.6 Å². The Morgan fingerprint density at radius 1 is 1.15 bits per heavy atom. The van der Waals surface area contributed by atoms with Gasteiger partial charge in [0.05, 0.1) is 0 Å². The normalized spacial score (nSPS) is 22.6. The van der Waals surface area contributed by atoms with E-state index in [4.69, 9.17) is 5.84 Å². The van der Waals surface area contributed by atoms with Crippen LogP contribution in [0.3, 0.4) is 0 Å². The monoisotopic (exact) mass is 277 g/mol. The molecular formula is C15H27N5. The number of aromatic nitrogens is 2. The number of anilines is 2. The molecule has 1 aromatic rings. The van der Waals surface area contributed by atoms with Crippen molar-refractivity contribution in [3.8, 4) is 0 Å². The lowest BCUT2D eigenvalue weighted by Gasteiger charge is -2.32. The van der Waals surface area contributed by atoms with Gasteiger partial charge in [-0.25, -0.2) is 15.8 Å². The van der Waals surface area contributed by atoms with Crippen molar-refractivity contribution in [2.75, 3.05) is 10.7 Å². The summed E-state index contributed by atoms with van der Waals surface area (Å²) in [6.45, 7) is 6.35. The first-order chi connectivity index (χ1) is 9.69. The molecule has 20 heavy (non-hydrogen) atoms. The number of nitrogens with two attached hydrogens (primary N) is 1. The Labute approximate surface area is 121 Å². The number of aryl methyl sites for hydroxylation is 1. The van der Waals surface area contributed by atoms with E-state index in [-0.39, 0.29) is 0 Å². The second-order valence-electron chi connectivity index (χ2n) is 5.66. The summed E-state index contributed by atoms with van der Waals surface area (Å²) >= 11 is 0. The molecule has 1 heterocycles. The molecule has 0 amide bonds. The summed E-state index contributed by atoms with van der Waals surface area (Å²) < 4.78 is 0. The Hall–Kier alpha value is -1.36. The highest BCUT2D eigenvalue weighted by Crippen LogP contribution is 2.30. The Morgan fingerprint density at radius 2 is 1.85 bits per heavy atom. The maximum absolute atomic E-state index is 5.56. The predicted octanol–water partition coefficient (Wildman–Crippen LogP) is 3.01. The van der Waals surface area contributed by atoms with Gasteiger partial charge in [0.1, 0.15) is 17.5 Å². The van der Waals surface area contributed by atoms with Crippen LogP contribution in [0.25, 0.3) is 0 Å². The Bertz CT molecular complexity index is 446. The van der Waals surface area contributed by atoms with Crippen molar-refractivity contribution in [2.45, 2.75) is 65.3 Å². The van der Waals surface area contributed by atoms with Gasteiger partial charge in [0.2, 0.25) is 0 Å². The lowest BCUT2D eigenvalue weighted by atomic mass is 9.83. The minimum Gasteiger partial charge on any atom is -0.367 e. The molecule has 2 unspecified atom stereocenters. The average molecular weight is 277 g/mol. The van der Waals surface area contributed by atoms with E-state index in [0.29, 0.717) is 6.04 Å². The van der Waals surface area contributed by atoms with Gasteiger partial charge >= 0.3 is 0 Å². The molecule has 0 bridgehead atoms. The van der Waals surface area contributed by atoms with Crippen molar-refractivity contribution in [3.63, 3.8) is 0 Å². The second-order valence-corrected chi connectivity index (χ2v) is 5.66. The molecule has 5 nitrogen and oxygen atoms in total. The fourth-order valence-corrected chi connectivity index (χ4v) is 3.06. The van der Waals surface area contributed by atoms with Crippen LogP contribution >= 0.6 is 0 Å². The Kier molecular flexibility index (Phi) is 5.17. The average Bonchev–Trinajstić information content (AvgIpc) is 2.49. The van der Waals surface area contributed by atoms with Crippen molar-refractivity contribution in [1.29, 1.82) is 0 Å². The first kappa shape index (κ1) is 15.0. The minimum absolute atomic E-state index is 0.526. The van der Waals surface area contributed by atoms with Gasteiger partial charge in [0, 0.05) is 18.0 Å². The van der Waals surface area contributed by atoms with Crippen molar-refractivity contribution >= 4 is 11.6 Å². The maximum atomic E-state index is 5.56. The van der Waals surface area contributed by atoms with Gasteiger partial charge in [-0.3, -0.25) is 0 Å². The summed E-state index contributed by atoms with van der Waals surface area (Å²) in [5.74, 6) is 8.80. The fraction of sp³-hybridized carbons (Fsp3) is 0.733. The molecule has 0 aromatic carbocycles. The van der Waals surface area contributed by atoms with Gasteiger partial charge in [-0.1, -0.05) is 33.1 Å². The van der Waals surface area contributed by atoms with E-state index in [1.54, 1.807) is 0 Å². The molecule has 1 saturated carbocycles. The predicted molar refractivity (Wildman–Crippen MR) is 83.6 cm³/mol. The Balaban J connectivity index is 2.23. The highest BCUT2D eigenvalue weighted by atomic mass is 15.3. The first-order valence-corrected chi connectivity index (χ1v) is 7.80. The molecule has 0 aliphatic heterocycles. The summed E-state index contributed by atoms with van der Waals surface area (Å²) in [6, 6.07) is 0.526. The summed E-state index contributed by atoms with van der Waals surface area (Å²) in [4.78, 5) is 9.06. The van der Waals surface area contributed by atoms with Crippen molar-refractivity contribution < 1.29 is 0 Å². The standard InChI is InChI=1S/C15H27N5/c1-4-11-8-6-7-9-12(11)17-14-10(3)15(20-16)19-13(5-2)18-14/h11-12H,4-9,16H2,1-3H3,(H2,17,18,19,20). The SMILES string of the molecule is CCc1nc(NN)c(C)c(NC2CCCCC2CC)n1. The summed E-state index contributed by atoms with van der Waals surface area (Å²) in [7, 11) is 0. The molecule has 1 aliphatic rings. The molecule has 0 radical (unpaired) electrons. The first-order valence-electron chi connectivity index (χ1n) is 7.80. The lowest BCUT2D eigenvalue weighted by molar-refractivity contribution is 0.316. The van der Waals surface area contributed by atoms with E-state index in [1.165, 1.54) is 32.1 Å². The molecule has 1 fully saturated rings. The number of rotatable bonds is 5. The van der Waals surface area contributed by atoms with Crippen LogP contribution < -0.4 is 16.6 Å². The molecule has 1 aromatic heterocycles. The Morgan fingerprint density at radius 3 is 2.50 bits per heavy atom. The van der Waals surface area contributed by atoms with Gasteiger partial charge in [0.25, 0.3) is 0 Å². The number of hydrogen-bond donors (Lipinski definition) is 3. The molecule has 5 heteroatoms. The van der Waals surface area contributed by atoms with Crippen molar-refractivity contribution in [3.05, 3.63) is 11.4 Å². The molecule has 2 atom stereocenters. The van der Waals surface area contributed by atoms with Crippen LogP contribution in [0.5, 0.6) is 0 Å². The van der Waals surface area contributed by atoms with E-state index >= 15 is 0 Å². The zero-order valence-corrected chi connectivity index (χ0v) is 12.9. The summed E-state index contributed by atoms with van der Waals surface area (Å²) in [5.41, 5.74) is 3.69. The van der Waals surface area contributed by atoms with Gasteiger partial charge in [-0.2, -0.15) is 0 Å². The summed E-state index contributed by atoms with van der Waals surface area (Å²) in [6.07, 6.45) is 7.25. The zero-order chi connectivity index (χ0) is 14.5. The third-order valence-corrected chi connectivity index (χ3v) is 4.40. The number of nitrogens with zero attached hydrogens (tertiary/aromatic N) is 2. The third-order valence-electron chi connectivity index (χ3n) is 4.40. The van der Waals surface area contributed by atoms with Crippen LogP contribution in [0, 0.1) is 12.8 Å². The van der Waals surface area contributed by atoms with E-state index in [1.807, 2.05) is 6.92 Å². The number of hydrogen-bond acceptors (Lipinski definition) is 5.